The van der Waals surface area contributed by atoms with Crippen molar-refractivity contribution in [1.29, 1.82) is 0 Å². The van der Waals surface area contributed by atoms with E-state index < -0.39 is 10.0 Å². The van der Waals surface area contributed by atoms with Crippen molar-refractivity contribution in [2.24, 2.45) is 5.92 Å². The molecule has 1 saturated heterocycles. The molecule has 118 valence electrons. The van der Waals surface area contributed by atoms with Crippen LogP contribution in [0.1, 0.15) is 18.5 Å². The fraction of sp³-hybridized carbons (Fsp3) is 0.500. The lowest BCUT2D eigenvalue weighted by Crippen LogP contribution is -2.39. The highest BCUT2D eigenvalue weighted by atomic mass is 32.2. The molecular formula is C14H19N5O2S. The summed E-state index contributed by atoms with van der Waals surface area (Å²) >= 11 is 0. The summed E-state index contributed by atoms with van der Waals surface area (Å²) in [5.41, 5.74) is 2.59. The van der Waals surface area contributed by atoms with Gasteiger partial charge < -0.3 is 0 Å². The molecule has 0 radical (unpaired) electrons. The van der Waals surface area contributed by atoms with Gasteiger partial charge in [-0.1, -0.05) is 0 Å². The third kappa shape index (κ3) is 3.50. The van der Waals surface area contributed by atoms with Crippen molar-refractivity contribution in [2.75, 3.05) is 19.3 Å². The number of rotatable bonds is 4. The zero-order valence-electron chi connectivity index (χ0n) is 12.4. The van der Waals surface area contributed by atoms with Gasteiger partial charge in [-0.05, 0) is 37.3 Å². The van der Waals surface area contributed by atoms with E-state index in [9.17, 15) is 8.42 Å². The molecule has 0 aromatic carbocycles. The number of hydrogen-bond acceptors (Lipinski definition) is 5. The molecule has 22 heavy (non-hydrogen) atoms. The van der Waals surface area contributed by atoms with E-state index in [1.807, 2.05) is 12.1 Å². The SMILES string of the molecule is CS(=O)(=O)N1CCCC(Cc2cc(-c3ccn[nH]3)ncn2)C1. The fourth-order valence-electron chi connectivity index (χ4n) is 2.85. The van der Waals surface area contributed by atoms with E-state index in [1.165, 1.54) is 6.26 Å². The predicted molar refractivity (Wildman–Crippen MR) is 82.5 cm³/mol. The van der Waals surface area contributed by atoms with Gasteiger partial charge in [0.05, 0.1) is 17.6 Å². The summed E-state index contributed by atoms with van der Waals surface area (Å²) in [5.74, 6) is 0.299. The van der Waals surface area contributed by atoms with Gasteiger partial charge in [0.15, 0.2) is 0 Å². The summed E-state index contributed by atoms with van der Waals surface area (Å²) in [5, 5.41) is 6.81. The van der Waals surface area contributed by atoms with Crippen LogP contribution in [-0.4, -0.2) is 52.2 Å². The van der Waals surface area contributed by atoms with Crippen LogP contribution in [0.5, 0.6) is 0 Å². The van der Waals surface area contributed by atoms with Crippen LogP contribution >= 0.6 is 0 Å². The van der Waals surface area contributed by atoms with Crippen molar-refractivity contribution in [1.82, 2.24) is 24.5 Å². The maximum absolute atomic E-state index is 11.7. The van der Waals surface area contributed by atoms with Crippen LogP contribution in [0.3, 0.4) is 0 Å². The minimum Gasteiger partial charge on any atom is -0.276 e. The largest absolute Gasteiger partial charge is 0.276 e. The molecule has 0 spiro atoms. The Bertz CT molecular complexity index is 729. The first-order valence-electron chi connectivity index (χ1n) is 7.28. The van der Waals surface area contributed by atoms with E-state index in [0.29, 0.717) is 19.0 Å². The number of aromatic amines is 1. The Labute approximate surface area is 129 Å². The molecule has 1 atom stereocenters. The quantitative estimate of drug-likeness (QED) is 0.910. The van der Waals surface area contributed by atoms with Gasteiger partial charge in [0.25, 0.3) is 0 Å². The topological polar surface area (TPSA) is 91.8 Å². The van der Waals surface area contributed by atoms with Crippen LogP contribution in [0.15, 0.2) is 24.7 Å². The van der Waals surface area contributed by atoms with Crippen LogP contribution in [0.2, 0.25) is 0 Å². The van der Waals surface area contributed by atoms with E-state index in [1.54, 1.807) is 16.8 Å². The predicted octanol–water partition coefficient (Wildman–Crippen LogP) is 1.08. The van der Waals surface area contributed by atoms with Crippen LogP contribution in [0.4, 0.5) is 0 Å². The number of nitrogens with one attached hydrogen (secondary N) is 1. The highest BCUT2D eigenvalue weighted by molar-refractivity contribution is 7.88. The first-order valence-corrected chi connectivity index (χ1v) is 9.13. The average Bonchev–Trinajstić information content (AvgIpc) is 3.01. The molecule has 0 amide bonds. The van der Waals surface area contributed by atoms with E-state index in [4.69, 9.17) is 0 Å². The highest BCUT2D eigenvalue weighted by Crippen LogP contribution is 2.23. The smallest absolute Gasteiger partial charge is 0.211 e. The van der Waals surface area contributed by atoms with Crippen molar-refractivity contribution >= 4 is 10.0 Å². The number of hydrogen-bond donors (Lipinski definition) is 1. The number of H-pyrrole nitrogens is 1. The molecular weight excluding hydrogens is 302 g/mol. The van der Waals surface area contributed by atoms with Gasteiger partial charge >= 0.3 is 0 Å². The molecule has 2 aromatic heterocycles. The molecule has 8 heteroatoms. The van der Waals surface area contributed by atoms with Gasteiger partial charge in [0.1, 0.15) is 6.33 Å². The molecule has 3 rings (SSSR count). The Morgan fingerprint density at radius 1 is 1.41 bits per heavy atom. The highest BCUT2D eigenvalue weighted by Gasteiger charge is 2.26. The Kier molecular flexibility index (Phi) is 4.21. The lowest BCUT2D eigenvalue weighted by molar-refractivity contribution is 0.265. The zero-order valence-corrected chi connectivity index (χ0v) is 13.3. The third-order valence-electron chi connectivity index (χ3n) is 3.95. The molecule has 1 aliphatic heterocycles. The van der Waals surface area contributed by atoms with Crippen molar-refractivity contribution in [2.45, 2.75) is 19.3 Å². The van der Waals surface area contributed by atoms with Gasteiger partial charge in [0.2, 0.25) is 10.0 Å². The number of aromatic nitrogens is 4. The second-order valence-corrected chi connectivity index (χ2v) is 7.68. The van der Waals surface area contributed by atoms with Crippen molar-refractivity contribution in [3.05, 3.63) is 30.4 Å². The molecule has 7 nitrogen and oxygen atoms in total. The first-order chi connectivity index (χ1) is 10.5. The summed E-state index contributed by atoms with van der Waals surface area (Å²) in [4.78, 5) is 8.56. The van der Waals surface area contributed by atoms with Gasteiger partial charge in [0, 0.05) is 25.0 Å². The minimum atomic E-state index is -3.11. The Hall–Kier alpha value is -1.80. The summed E-state index contributed by atoms with van der Waals surface area (Å²) in [6, 6.07) is 3.80. The zero-order chi connectivity index (χ0) is 15.6. The molecule has 1 unspecified atom stereocenters. The summed E-state index contributed by atoms with van der Waals surface area (Å²) in [7, 11) is -3.11. The average molecular weight is 321 g/mol. The Morgan fingerprint density at radius 2 is 2.27 bits per heavy atom. The van der Waals surface area contributed by atoms with E-state index in [0.717, 1.165) is 36.3 Å². The number of nitrogens with zero attached hydrogens (tertiary/aromatic N) is 4. The monoisotopic (exact) mass is 321 g/mol. The molecule has 1 N–H and O–H groups in total. The van der Waals surface area contributed by atoms with Crippen molar-refractivity contribution < 1.29 is 8.42 Å². The van der Waals surface area contributed by atoms with Gasteiger partial charge in [-0.3, -0.25) is 5.10 Å². The second kappa shape index (κ2) is 6.13. The molecule has 1 fully saturated rings. The fourth-order valence-corrected chi connectivity index (χ4v) is 3.79. The lowest BCUT2D eigenvalue weighted by Gasteiger charge is -2.30. The van der Waals surface area contributed by atoms with Crippen LogP contribution < -0.4 is 0 Å². The number of piperidine rings is 1. The van der Waals surface area contributed by atoms with Crippen LogP contribution in [-0.2, 0) is 16.4 Å². The van der Waals surface area contributed by atoms with Crippen LogP contribution in [0.25, 0.3) is 11.4 Å². The van der Waals surface area contributed by atoms with Gasteiger partial charge in [-0.15, -0.1) is 0 Å². The first kappa shape index (κ1) is 15.1. The number of sulfonamides is 1. The lowest BCUT2D eigenvalue weighted by atomic mass is 9.94. The maximum atomic E-state index is 11.7. The third-order valence-corrected chi connectivity index (χ3v) is 5.22. The molecule has 0 saturated carbocycles. The van der Waals surface area contributed by atoms with E-state index in [-0.39, 0.29) is 0 Å². The van der Waals surface area contributed by atoms with E-state index in [2.05, 4.69) is 20.2 Å². The van der Waals surface area contributed by atoms with Crippen molar-refractivity contribution in [3.63, 3.8) is 0 Å². The van der Waals surface area contributed by atoms with Gasteiger partial charge in [-0.2, -0.15) is 5.10 Å². The van der Waals surface area contributed by atoms with Crippen molar-refractivity contribution in [3.8, 4) is 11.4 Å². The van der Waals surface area contributed by atoms with E-state index >= 15 is 0 Å². The Morgan fingerprint density at radius 3 is 3.00 bits per heavy atom. The Balaban J connectivity index is 1.72. The van der Waals surface area contributed by atoms with Crippen LogP contribution in [0, 0.1) is 5.92 Å². The van der Waals surface area contributed by atoms with Gasteiger partial charge in [-0.25, -0.2) is 22.7 Å². The summed E-state index contributed by atoms with van der Waals surface area (Å²) in [6.45, 7) is 1.20. The molecule has 3 heterocycles. The maximum Gasteiger partial charge on any atom is 0.211 e. The minimum absolute atomic E-state index is 0.299. The standard InChI is InChI=1S/C14H19N5O2S/c1-22(20,21)19-6-2-3-11(9-19)7-12-8-14(16-10-15-12)13-4-5-17-18-13/h4-5,8,10-11H,2-3,6-7,9H2,1H3,(H,17,18). The summed E-state index contributed by atoms with van der Waals surface area (Å²) < 4.78 is 24.9. The molecule has 0 bridgehead atoms. The second-order valence-electron chi connectivity index (χ2n) is 5.70. The molecule has 1 aliphatic rings. The normalized spacial score (nSPS) is 20.1. The summed E-state index contributed by atoms with van der Waals surface area (Å²) in [6.07, 6.45) is 7.18. The molecule has 2 aromatic rings. The molecule has 0 aliphatic carbocycles.